The smallest absolute Gasteiger partial charge is 0.204 e. The van der Waals surface area contributed by atoms with Crippen molar-refractivity contribution in [2.75, 3.05) is 19.8 Å². The van der Waals surface area contributed by atoms with Gasteiger partial charge in [-0.25, -0.2) is 0 Å². The van der Waals surface area contributed by atoms with Gasteiger partial charge in [-0.3, -0.25) is 4.79 Å². The monoisotopic (exact) mass is 226 g/mol. The van der Waals surface area contributed by atoms with E-state index in [9.17, 15) is 4.79 Å². The van der Waals surface area contributed by atoms with E-state index in [-0.39, 0.29) is 5.78 Å². The Hall–Kier alpha value is -0.710. The number of rotatable bonds is 2. The average Bonchev–Trinajstić information content (AvgIpc) is 2.58. The summed E-state index contributed by atoms with van der Waals surface area (Å²) in [6.45, 7) is 5.45. The van der Waals surface area contributed by atoms with E-state index in [1.54, 1.807) is 0 Å². The maximum Gasteiger partial charge on any atom is 0.204 e. The van der Waals surface area contributed by atoms with Crippen LogP contribution in [0.2, 0.25) is 0 Å². The Kier molecular flexibility index (Phi) is 3.19. The van der Waals surface area contributed by atoms with Gasteiger partial charge < -0.3 is 9.47 Å². The first-order valence-corrected chi connectivity index (χ1v) is 5.80. The molecule has 1 aromatic heterocycles. The van der Waals surface area contributed by atoms with E-state index in [1.807, 2.05) is 19.9 Å². The highest BCUT2D eigenvalue weighted by Gasteiger charge is 2.26. The molecule has 0 N–H and O–H groups in total. The Morgan fingerprint density at radius 2 is 2.27 bits per heavy atom. The predicted molar refractivity (Wildman–Crippen MR) is 58.7 cm³/mol. The largest absolute Gasteiger partial charge is 0.376 e. The molecule has 0 saturated carbocycles. The molecule has 2 heterocycles. The zero-order valence-electron chi connectivity index (χ0n) is 8.91. The molecule has 1 unspecified atom stereocenters. The van der Waals surface area contributed by atoms with Crippen molar-refractivity contribution in [2.24, 2.45) is 0 Å². The Bertz CT molecular complexity index is 364. The van der Waals surface area contributed by atoms with Crippen molar-refractivity contribution in [3.63, 3.8) is 0 Å². The van der Waals surface area contributed by atoms with E-state index in [0.29, 0.717) is 19.8 Å². The van der Waals surface area contributed by atoms with Crippen LogP contribution in [0.5, 0.6) is 0 Å². The molecule has 1 fully saturated rings. The van der Waals surface area contributed by atoms with Gasteiger partial charge in [-0.2, -0.15) is 0 Å². The highest BCUT2D eigenvalue weighted by Crippen LogP contribution is 2.23. The van der Waals surface area contributed by atoms with Crippen molar-refractivity contribution in [2.45, 2.75) is 20.0 Å². The number of carbonyl (C=O) groups is 1. The van der Waals surface area contributed by atoms with Crippen LogP contribution >= 0.6 is 11.3 Å². The minimum Gasteiger partial charge on any atom is -0.376 e. The maximum atomic E-state index is 12.0. The van der Waals surface area contributed by atoms with Crippen molar-refractivity contribution in [1.29, 1.82) is 0 Å². The molecule has 0 bridgehead atoms. The van der Waals surface area contributed by atoms with E-state index >= 15 is 0 Å². The lowest BCUT2D eigenvalue weighted by Gasteiger charge is -2.21. The van der Waals surface area contributed by atoms with Gasteiger partial charge in [0.25, 0.3) is 0 Å². The minimum atomic E-state index is -0.407. The van der Waals surface area contributed by atoms with E-state index in [1.165, 1.54) is 11.3 Å². The molecule has 1 atom stereocenters. The van der Waals surface area contributed by atoms with Crippen molar-refractivity contribution in [3.8, 4) is 0 Å². The fraction of sp³-hybridized carbons (Fsp3) is 0.545. The van der Waals surface area contributed by atoms with Crippen molar-refractivity contribution < 1.29 is 14.3 Å². The molecule has 82 valence electrons. The molecule has 0 aromatic carbocycles. The molecular weight excluding hydrogens is 212 g/mol. The Morgan fingerprint density at radius 3 is 2.80 bits per heavy atom. The van der Waals surface area contributed by atoms with Crippen molar-refractivity contribution in [1.82, 2.24) is 0 Å². The molecule has 0 radical (unpaired) electrons. The lowest BCUT2D eigenvalue weighted by Crippen LogP contribution is -2.35. The third-order valence-corrected chi connectivity index (χ3v) is 3.54. The van der Waals surface area contributed by atoms with Crippen LogP contribution in [0.25, 0.3) is 0 Å². The van der Waals surface area contributed by atoms with Gasteiger partial charge >= 0.3 is 0 Å². The number of Topliss-reactive ketones (excluding diaryl/α,β-unsaturated/α-hetero) is 1. The van der Waals surface area contributed by atoms with Gasteiger partial charge in [0, 0.05) is 4.88 Å². The van der Waals surface area contributed by atoms with Crippen LogP contribution in [-0.4, -0.2) is 31.7 Å². The quantitative estimate of drug-likeness (QED) is 0.723. The third-order valence-electron chi connectivity index (χ3n) is 2.37. The molecule has 1 saturated heterocycles. The summed E-state index contributed by atoms with van der Waals surface area (Å²) in [6, 6.07) is 2.03. The fourth-order valence-corrected chi connectivity index (χ4v) is 2.68. The number of thiophene rings is 1. The SMILES string of the molecule is Cc1cc(C)c(C(=O)C2COCCO2)s1. The predicted octanol–water partition coefficient (Wildman–Crippen LogP) is 1.96. The number of ketones is 1. The average molecular weight is 226 g/mol. The minimum absolute atomic E-state index is 0.0605. The molecule has 15 heavy (non-hydrogen) atoms. The van der Waals surface area contributed by atoms with Crippen LogP contribution in [0, 0.1) is 13.8 Å². The molecular formula is C11H14O3S. The fourth-order valence-electron chi connectivity index (χ4n) is 1.67. The summed E-state index contributed by atoms with van der Waals surface area (Å²) in [4.78, 5) is 14.0. The normalized spacial score (nSPS) is 21.6. The number of aryl methyl sites for hydroxylation is 2. The van der Waals surface area contributed by atoms with Gasteiger partial charge in [0.15, 0.2) is 0 Å². The van der Waals surface area contributed by atoms with Crippen LogP contribution in [0.1, 0.15) is 20.1 Å². The van der Waals surface area contributed by atoms with Crippen molar-refractivity contribution >= 4 is 17.1 Å². The van der Waals surface area contributed by atoms with Gasteiger partial charge in [-0.05, 0) is 25.5 Å². The second-order valence-corrected chi connectivity index (χ2v) is 4.92. The maximum absolute atomic E-state index is 12.0. The van der Waals surface area contributed by atoms with Crippen LogP contribution < -0.4 is 0 Å². The Labute approximate surface area is 93.0 Å². The molecule has 1 aromatic rings. The van der Waals surface area contributed by atoms with Crippen LogP contribution in [0.4, 0.5) is 0 Å². The van der Waals surface area contributed by atoms with Gasteiger partial charge in [0.2, 0.25) is 5.78 Å². The summed E-state index contributed by atoms with van der Waals surface area (Å²) in [5.74, 6) is 0.0605. The summed E-state index contributed by atoms with van der Waals surface area (Å²) >= 11 is 1.53. The number of hydrogen-bond acceptors (Lipinski definition) is 4. The molecule has 2 rings (SSSR count). The van der Waals surface area contributed by atoms with Crippen LogP contribution in [-0.2, 0) is 9.47 Å². The molecule has 1 aliphatic heterocycles. The summed E-state index contributed by atoms with van der Waals surface area (Å²) in [5, 5.41) is 0. The highest BCUT2D eigenvalue weighted by atomic mass is 32.1. The molecule has 0 amide bonds. The first-order valence-electron chi connectivity index (χ1n) is 4.99. The van der Waals surface area contributed by atoms with E-state index in [0.717, 1.165) is 15.3 Å². The zero-order valence-corrected chi connectivity index (χ0v) is 9.73. The number of hydrogen-bond donors (Lipinski definition) is 0. The second kappa shape index (κ2) is 4.43. The first kappa shape index (κ1) is 10.8. The molecule has 1 aliphatic rings. The highest BCUT2D eigenvalue weighted by molar-refractivity contribution is 7.14. The van der Waals surface area contributed by atoms with E-state index < -0.39 is 6.10 Å². The lowest BCUT2D eigenvalue weighted by atomic mass is 10.1. The summed E-state index contributed by atoms with van der Waals surface area (Å²) < 4.78 is 10.6. The van der Waals surface area contributed by atoms with E-state index in [2.05, 4.69) is 0 Å². The molecule has 0 aliphatic carbocycles. The van der Waals surface area contributed by atoms with Crippen LogP contribution in [0.15, 0.2) is 6.07 Å². The molecule has 3 nitrogen and oxygen atoms in total. The Morgan fingerprint density at radius 1 is 1.47 bits per heavy atom. The standard InChI is InChI=1S/C11H14O3S/c1-7-5-8(2)15-11(7)10(12)9-6-13-3-4-14-9/h5,9H,3-4,6H2,1-2H3. The lowest BCUT2D eigenvalue weighted by molar-refractivity contribution is -0.0717. The number of ether oxygens (including phenoxy) is 2. The zero-order chi connectivity index (χ0) is 10.8. The molecule has 0 spiro atoms. The van der Waals surface area contributed by atoms with E-state index in [4.69, 9.17) is 9.47 Å². The molecule has 4 heteroatoms. The van der Waals surface area contributed by atoms with Gasteiger partial charge in [-0.1, -0.05) is 0 Å². The van der Waals surface area contributed by atoms with Gasteiger partial charge in [-0.15, -0.1) is 11.3 Å². The summed E-state index contributed by atoms with van der Waals surface area (Å²) in [7, 11) is 0. The van der Waals surface area contributed by atoms with Crippen LogP contribution in [0.3, 0.4) is 0 Å². The Balaban J connectivity index is 2.16. The van der Waals surface area contributed by atoms with Gasteiger partial charge in [0.05, 0.1) is 24.7 Å². The first-order chi connectivity index (χ1) is 7.18. The number of carbonyl (C=O) groups excluding carboxylic acids is 1. The second-order valence-electron chi connectivity index (χ2n) is 3.67. The summed E-state index contributed by atoms with van der Waals surface area (Å²) in [6.07, 6.45) is -0.407. The summed E-state index contributed by atoms with van der Waals surface area (Å²) in [5.41, 5.74) is 1.04. The third kappa shape index (κ3) is 2.27. The van der Waals surface area contributed by atoms with Gasteiger partial charge in [0.1, 0.15) is 6.10 Å². The topological polar surface area (TPSA) is 35.5 Å². The van der Waals surface area contributed by atoms with Crippen molar-refractivity contribution in [3.05, 3.63) is 21.4 Å².